The number of aliphatic hydroxyl groups excluding tert-OH is 14. The Morgan fingerprint density at radius 2 is 1.21 bits per heavy atom. The maximum Gasteiger partial charge on any atom is 0.315 e. The van der Waals surface area contributed by atoms with E-state index in [1.165, 1.54) is 12.5 Å². The van der Waals surface area contributed by atoms with E-state index in [-0.39, 0.29) is 51.9 Å². The van der Waals surface area contributed by atoms with Crippen molar-refractivity contribution in [2.75, 3.05) is 26.4 Å². The number of ether oxygens (including phenoxy) is 7. The molecule has 8 fully saturated rings. The van der Waals surface area contributed by atoms with Crippen molar-refractivity contribution in [1.29, 1.82) is 0 Å². The van der Waals surface area contributed by atoms with Crippen molar-refractivity contribution in [3.8, 4) is 0 Å². The molecule has 9 rings (SSSR count). The van der Waals surface area contributed by atoms with E-state index in [9.17, 15) is 71.5 Å². The van der Waals surface area contributed by atoms with Gasteiger partial charge in [-0.25, -0.2) is 0 Å². The molecule has 76 heavy (non-hydrogen) atoms. The second-order valence-corrected chi connectivity index (χ2v) is 26.2. The van der Waals surface area contributed by atoms with Gasteiger partial charge in [0.05, 0.1) is 37.4 Å². The quantitative estimate of drug-likeness (QED) is 0.0805. The average molecular weight is 1090 g/mol. The van der Waals surface area contributed by atoms with Crippen molar-refractivity contribution in [3.63, 3.8) is 0 Å². The Morgan fingerprint density at radius 3 is 1.88 bits per heavy atom. The predicted molar refractivity (Wildman–Crippen MR) is 261 cm³/mol. The van der Waals surface area contributed by atoms with Gasteiger partial charge in [-0.1, -0.05) is 53.2 Å². The molecule has 0 unspecified atom stereocenters. The molecule has 0 aromatic carbocycles. The Hall–Kier alpha value is -1.59. The Labute approximate surface area is 443 Å². The SMILES string of the molecule is C[C@@H]1O[C@@H](O[C@H]2[C@H](O)[C@@H](O)[C@H](OC[C@H]3O[C@@H](OC(=O)[C@]45CCC(C)(C)C[C@H]4C4=CC[C@@H]6[C@@]7(C)CC[C@H]([C@@H]8O[C@H](CO)[C@@H](O)[C@H](O)[C@H]8O)[C@@](C)(CO)[C@@H]7CC[C@@]6(C)[C@]4(C)CC5)[C@H](O)[C@@H](O)[C@@H]3O)O[C@@H]2CO)[C@H](O)[C@H](O)[C@H]1O. The monoisotopic (exact) mass is 1090 g/mol. The number of esters is 1. The van der Waals surface area contributed by atoms with Gasteiger partial charge in [-0.05, 0) is 122 Å². The summed E-state index contributed by atoms with van der Waals surface area (Å²) in [6, 6.07) is 0. The molecule has 29 atom stereocenters. The van der Waals surface area contributed by atoms with Gasteiger partial charge in [0, 0.05) is 6.61 Å². The van der Waals surface area contributed by atoms with Crippen molar-refractivity contribution in [2.24, 2.45) is 56.2 Å². The summed E-state index contributed by atoms with van der Waals surface area (Å²) in [4.78, 5) is 15.1. The minimum Gasteiger partial charge on any atom is -0.432 e. The van der Waals surface area contributed by atoms with Crippen molar-refractivity contribution < 1.29 is 109 Å². The Bertz CT molecular complexity index is 2100. The van der Waals surface area contributed by atoms with E-state index in [0.29, 0.717) is 44.9 Å². The lowest BCUT2D eigenvalue weighted by molar-refractivity contribution is -0.361. The van der Waals surface area contributed by atoms with Gasteiger partial charge in [0.25, 0.3) is 0 Å². The molecule has 0 radical (unpaired) electrons. The lowest BCUT2D eigenvalue weighted by Gasteiger charge is -2.72. The highest BCUT2D eigenvalue weighted by molar-refractivity contribution is 5.79. The number of rotatable bonds is 11. The van der Waals surface area contributed by atoms with Crippen LogP contribution in [0.25, 0.3) is 0 Å². The first kappa shape index (κ1) is 59.0. The third-order valence-electron chi connectivity index (χ3n) is 21.8. The van der Waals surface area contributed by atoms with E-state index >= 15 is 4.79 Å². The molecule has 0 spiro atoms. The largest absolute Gasteiger partial charge is 0.432 e. The molecule has 436 valence electrons. The summed E-state index contributed by atoms with van der Waals surface area (Å²) in [6.45, 7) is 12.8. The van der Waals surface area contributed by atoms with Crippen molar-refractivity contribution in [3.05, 3.63) is 11.6 Å². The van der Waals surface area contributed by atoms with Crippen LogP contribution in [-0.2, 0) is 38.0 Å². The second-order valence-electron chi connectivity index (χ2n) is 26.2. The van der Waals surface area contributed by atoms with E-state index < -0.39 is 159 Å². The molecule has 4 saturated heterocycles. The third kappa shape index (κ3) is 9.29. The van der Waals surface area contributed by atoms with Crippen LogP contribution in [-0.4, -0.2) is 227 Å². The molecule has 22 heteroatoms. The van der Waals surface area contributed by atoms with Crippen LogP contribution in [0.4, 0.5) is 0 Å². The molecule has 9 aliphatic rings. The summed E-state index contributed by atoms with van der Waals surface area (Å²) in [5, 5.41) is 151. The Balaban J connectivity index is 0.909. The maximum atomic E-state index is 15.1. The molecule has 14 N–H and O–H groups in total. The molecule has 4 heterocycles. The van der Waals surface area contributed by atoms with Crippen molar-refractivity contribution in [1.82, 2.24) is 0 Å². The highest BCUT2D eigenvalue weighted by atomic mass is 16.8. The molecule has 0 aromatic heterocycles. The van der Waals surface area contributed by atoms with Crippen LogP contribution in [0, 0.1) is 56.2 Å². The van der Waals surface area contributed by atoms with Crippen LogP contribution in [0.2, 0.25) is 0 Å². The molecule has 0 bridgehead atoms. The van der Waals surface area contributed by atoms with Crippen LogP contribution >= 0.6 is 0 Å². The van der Waals surface area contributed by atoms with Gasteiger partial charge in [-0.3, -0.25) is 4.79 Å². The summed E-state index contributed by atoms with van der Waals surface area (Å²) in [5.41, 5.74) is -1.62. The lowest BCUT2D eigenvalue weighted by atomic mass is 9.33. The van der Waals surface area contributed by atoms with Gasteiger partial charge < -0.3 is 105 Å². The number of carbonyl (C=O) groups excluding carboxylic acids is 1. The standard InChI is InChI=1S/C54H88O22/c1-23-32(58)35(61)40(66)46(71-23)75-44-28(20-56)73-45(42(68)39(44)65)70-21-29-34(60)37(63)41(67)47(74-29)76-48(69)54-16-14-49(2,3)18-26(54)24-8-9-31-50(4)12-10-25(43-38(64)36(62)33(59)27(19-55)72-43)51(5,22-57)30(50)11-13-53(31,7)52(24,6)15-17-54/h8,23,25-47,55-68H,9-22H2,1-7H3/t23-,25+,26-,27+,28+,29+,30+,31+,32-,33+,34+,35+,36-,37-,38+,39+,40+,41+,42+,43-,44+,45+,46-,47-,50-,51+,52+,53+,54-/m0/s1. The van der Waals surface area contributed by atoms with E-state index in [1.807, 2.05) is 6.92 Å². The minimum absolute atomic E-state index is 0.00411. The van der Waals surface area contributed by atoms with Gasteiger partial charge in [-0.2, -0.15) is 0 Å². The molecule has 4 saturated carbocycles. The first-order chi connectivity index (χ1) is 35.6. The smallest absolute Gasteiger partial charge is 0.315 e. The molecule has 0 amide bonds. The fraction of sp³-hybridized carbons (Fsp3) is 0.944. The van der Waals surface area contributed by atoms with E-state index in [1.54, 1.807) is 0 Å². The fourth-order valence-corrected chi connectivity index (χ4v) is 16.9. The zero-order chi connectivity index (χ0) is 55.6. The van der Waals surface area contributed by atoms with Crippen molar-refractivity contribution in [2.45, 2.75) is 235 Å². The van der Waals surface area contributed by atoms with Crippen LogP contribution in [0.1, 0.15) is 113 Å². The predicted octanol–water partition coefficient (Wildman–Crippen LogP) is -1.76. The summed E-state index contributed by atoms with van der Waals surface area (Å²) < 4.78 is 41.0. The lowest BCUT2D eigenvalue weighted by Crippen LogP contribution is -2.68. The normalized spacial score (nSPS) is 55.2. The Morgan fingerprint density at radius 1 is 0.605 bits per heavy atom. The molecule has 22 nitrogen and oxygen atoms in total. The van der Waals surface area contributed by atoms with Gasteiger partial charge in [0.1, 0.15) is 91.6 Å². The summed E-state index contributed by atoms with van der Waals surface area (Å²) in [7, 11) is 0. The topological polar surface area (TPSA) is 365 Å². The van der Waals surface area contributed by atoms with E-state index in [4.69, 9.17) is 33.2 Å². The minimum atomic E-state index is -1.88. The summed E-state index contributed by atoms with van der Waals surface area (Å²) in [6.07, 6.45) is -22.0. The molecule has 5 aliphatic carbocycles. The first-order valence-electron chi connectivity index (χ1n) is 27.7. The number of hydrogen-bond acceptors (Lipinski definition) is 22. The van der Waals surface area contributed by atoms with Crippen LogP contribution in [0.15, 0.2) is 11.6 Å². The maximum absolute atomic E-state index is 15.1. The summed E-state index contributed by atoms with van der Waals surface area (Å²) in [5.74, 6) is -1.08. The highest BCUT2D eigenvalue weighted by Crippen LogP contribution is 2.76. The highest BCUT2D eigenvalue weighted by Gasteiger charge is 2.71. The van der Waals surface area contributed by atoms with Crippen LogP contribution < -0.4 is 0 Å². The summed E-state index contributed by atoms with van der Waals surface area (Å²) >= 11 is 0. The van der Waals surface area contributed by atoms with Crippen LogP contribution in [0.5, 0.6) is 0 Å². The van der Waals surface area contributed by atoms with Gasteiger partial charge in [0.2, 0.25) is 6.29 Å². The van der Waals surface area contributed by atoms with Crippen molar-refractivity contribution >= 4 is 5.97 Å². The third-order valence-corrected chi connectivity index (χ3v) is 21.8. The molecular formula is C54H88O22. The average Bonchev–Trinajstić information content (AvgIpc) is 3.55. The number of hydrogen-bond donors (Lipinski definition) is 14. The zero-order valence-electron chi connectivity index (χ0n) is 44.9. The first-order valence-corrected chi connectivity index (χ1v) is 27.7. The van der Waals surface area contributed by atoms with E-state index in [0.717, 1.165) is 19.3 Å². The number of carbonyl (C=O) groups is 1. The fourth-order valence-electron chi connectivity index (χ4n) is 16.9. The number of fused-ring (bicyclic) bond motifs is 7. The molecule has 0 aromatic rings. The zero-order valence-corrected chi connectivity index (χ0v) is 44.9. The Kier molecular flexibility index (Phi) is 16.6. The number of aliphatic hydroxyl groups is 14. The van der Waals surface area contributed by atoms with Gasteiger partial charge in [0.15, 0.2) is 12.6 Å². The molecule has 4 aliphatic heterocycles. The van der Waals surface area contributed by atoms with Gasteiger partial charge in [-0.15, -0.1) is 0 Å². The number of allylic oxidation sites excluding steroid dienone is 2. The van der Waals surface area contributed by atoms with Gasteiger partial charge >= 0.3 is 5.97 Å². The second kappa shape index (κ2) is 21.3. The van der Waals surface area contributed by atoms with E-state index in [2.05, 4.69) is 40.7 Å². The molecular weight excluding hydrogens is 1000 g/mol. The van der Waals surface area contributed by atoms with Crippen LogP contribution in [0.3, 0.4) is 0 Å².